The molecular weight excluding hydrogens is 356 g/mol. The summed E-state index contributed by atoms with van der Waals surface area (Å²) in [4.78, 5) is 25.1. The van der Waals surface area contributed by atoms with Crippen molar-refractivity contribution in [2.45, 2.75) is 25.3 Å². The first-order valence-corrected chi connectivity index (χ1v) is 9.58. The van der Waals surface area contributed by atoms with Gasteiger partial charge in [0.1, 0.15) is 11.4 Å². The van der Waals surface area contributed by atoms with Gasteiger partial charge in [0, 0.05) is 30.6 Å². The van der Waals surface area contributed by atoms with Gasteiger partial charge in [0.2, 0.25) is 0 Å². The smallest absolute Gasteiger partial charge is 0.269 e. The number of carbonyl (C=O) groups excluding carboxylic acids is 2. The van der Waals surface area contributed by atoms with Crippen molar-refractivity contribution in [1.29, 1.82) is 0 Å². The maximum atomic E-state index is 12.7. The second kappa shape index (κ2) is 6.69. The van der Waals surface area contributed by atoms with Crippen LogP contribution in [0.3, 0.4) is 0 Å². The summed E-state index contributed by atoms with van der Waals surface area (Å²) in [6, 6.07) is 7.70. The fraction of sp³-hybridized carbons (Fsp3) is 0.333. The highest BCUT2D eigenvalue weighted by molar-refractivity contribution is 7.90. The van der Waals surface area contributed by atoms with Gasteiger partial charge in [0.25, 0.3) is 15.9 Å². The average Bonchev–Trinajstić information content (AvgIpc) is 3.00. The molecule has 1 aliphatic rings. The Morgan fingerprint density at radius 1 is 1.19 bits per heavy atom. The Morgan fingerprint density at radius 2 is 1.88 bits per heavy atom. The standard InChI is InChI=1S/C18H20N2O5S/c1-12-10-15(13(2)19(12)8-9-25-3)16(21)11-20-18(22)14-6-4-5-7-17(14)26(20,23)24/h4-7,10H,8-9,11H2,1-3H3. The number of fused-ring (bicyclic) bond motifs is 1. The molecule has 0 bridgehead atoms. The molecule has 0 radical (unpaired) electrons. The molecule has 0 spiro atoms. The van der Waals surface area contributed by atoms with Crippen LogP contribution in [0.15, 0.2) is 35.2 Å². The summed E-state index contributed by atoms with van der Waals surface area (Å²) in [5.74, 6) is -1.08. The molecule has 0 atom stereocenters. The van der Waals surface area contributed by atoms with E-state index in [9.17, 15) is 18.0 Å². The van der Waals surface area contributed by atoms with Gasteiger partial charge in [-0.15, -0.1) is 0 Å². The summed E-state index contributed by atoms with van der Waals surface area (Å²) in [6.45, 7) is 4.24. The van der Waals surface area contributed by atoms with Crippen LogP contribution >= 0.6 is 0 Å². The maximum Gasteiger partial charge on any atom is 0.269 e. The molecule has 0 unspecified atom stereocenters. The SMILES string of the molecule is COCCn1c(C)cc(C(=O)CN2C(=O)c3ccccc3S2(=O)=O)c1C. The van der Waals surface area contributed by atoms with E-state index in [0.29, 0.717) is 23.0 Å². The van der Waals surface area contributed by atoms with Gasteiger partial charge in [0.15, 0.2) is 5.78 Å². The van der Waals surface area contributed by atoms with Crippen molar-refractivity contribution in [3.05, 3.63) is 52.8 Å². The second-order valence-electron chi connectivity index (χ2n) is 6.17. The highest BCUT2D eigenvalue weighted by atomic mass is 32.2. The van der Waals surface area contributed by atoms with E-state index in [-0.39, 0.29) is 10.5 Å². The highest BCUT2D eigenvalue weighted by Gasteiger charge is 2.42. The zero-order chi connectivity index (χ0) is 19.1. The van der Waals surface area contributed by atoms with Crippen LogP contribution in [-0.2, 0) is 21.3 Å². The van der Waals surface area contributed by atoms with Gasteiger partial charge in [0.05, 0.1) is 12.2 Å². The Kier molecular flexibility index (Phi) is 4.72. The molecule has 0 N–H and O–H groups in total. The second-order valence-corrected chi connectivity index (χ2v) is 8.00. The number of aryl methyl sites for hydroxylation is 1. The van der Waals surface area contributed by atoms with E-state index >= 15 is 0 Å². The minimum atomic E-state index is -3.99. The third-order valence-electron chi connectivity index (χ3n) is 4.59. The number of aromatic nitrogens is 1. The molecule has 138 valence electrons. The van der Waals surface area contributed by atoms with Gasteiger partial charge < -0.3 is 9.30 Å². The van der Waals surface area contributed by atoms with Crippen molar-refractivity contribution in [2.24, 2.45) is 0 Å². The fourth-order valence-electron chi connectivity index (χ4n) is 3.21. The van der Waals surface area contributed by atoms with E-state index in [1.165, 1.54) is 12.1 Å². The lowest BCUT2D eigenvalue weighted by atomic mass is 10.1. The summed E-state index contributed by atoms with van der Waals surface area (Å²) in [6.07, 6.45) is 0. The average molecular weight is 376 g/mol. The lowest BCUT2D eigenvalue weighted by Crippen LogP contribution is -2.35. The van der Waals surface area contributed by atoms with Crippen LogP contribution in [0.2, 0.25) is 0 Å². The Bertz CT molecular complexity index is 991. The van der Waals surface area contributed by atoms with E-state index in [1.54, 1.807) is 32.2 Å². The van der Waals surface area contributed by atoms with Gasteiger partial charge in [-0.1, -0.05) is 12.1 Å². The molecule has 7 nitrogen and oxygen atoms in total. The highest BCUT2D eigenvalue weighted by Crippen LogP contribution is 2.30. The van der Waals surface area contributed by atoms with Crippen molar-refractivity contribution < 1.29 is 22.7 Å². The van der Waals surface area contributed by atoms with Crippen molar-refractivity contribution in [1.82, 2.24) is 8.87 Å². The molecule has 1 aliphatic heterocycles. The zero-order valence-electron chi connectivity index (χ0n) is 14.9. The van der Waals surface area contributed by atoms with E-state index in [4.69, 9.17) is 4.74 Å². The molecule has 2 aromatic rings. The van der Waals surface area contributed by atoms with Crippen molar-refractivity contribution >= 4 is 21.7 Å². The Balaban J connectivity index is 1.89. The van der Waals surface area contributed by atoms with Crippen LogP contribution in [-0.4, -0.2) is 49.2 Å². The van der Waals surface area contributed by atoms with Gasteiger partial charge >= 0.3 is 0 Å². The number of amides is 1. The Morgan fingerprint density at radius 3 is 2.54 bits per heavy atom. The summed E-state index contributed by atoms with van der Waals surface area (Å²) < 4.78 is 32.8. The minimum Gasteiger partial charge on any atom is -0.383 e. The number of ether oxygens (including phenoxy) is 1. The van der Waals surface area contributed by atoms with E-state index in [2.05, 4.69) is 0 Å². The number of sulfonamides is 1. The number of benzene rings is 1. The molecule has 26 heavy (non-hydrogen) atoms. The lowest BCUT2D eigenvalue weighted by Gasteiger charge is -2.14. The zero-order valence-corrected chi connectivity index (χ0v) is 15.7. The third kappa shape index (κ3) is 2.85. The molecule has 0 saturated carbocycles. The number of nitrogens with zero attached hydrogens (tertiary/aromatic N) is 2. The van der Waals surface area contributed by atoms with Gasteiger partial charge in [-0.2, -0.15) is 0 Å². The van der Waals surface area contributed by atoms with Crippen LogP contribution in [0.4, 0.5) is 0 Å². The van der Waals surface area contributed by atoms with E-state index < -0.39 is 28.3 Å². The van der Waals surface area contributed by atoms with E-state index in [0.717, 1.165) is 11.4 Å². The van der Waals surface area contributed by atoms with Gasteiger partial charge in [-0.05, 0) is 32.0 Å². The lowest BCUT2D eigenvalue weighted by molar-refractivity contribution is 0.0820. The van der Waals surface area contributed by atoms with Crippen LogP contribution in [0.25, 0.3) is 0 Å². The molecule has 3 rings (SSSR count). The van der Waals surface area contributed by atoms with Crippen molar-refractivity contribution in [3.8, 4) is 0 Å². The normalized spacial score (nSPS) is 15.3. The van der Waals surface area contributed by atoms with Crippen LogP contribution < -0.4 is 0 Å². The van der Waals surface area contributed by atoms with E-state index in [1.807, 2.05) is 11.5 Å². The van der Waals surface area contributed by atoms with Crippen LogP contribution in [0.1, 0.15) is 32.1 Å². The Hall–Kier alpha value is -2.45. The summed E-state index contributed by atoms with van der Waals surface area (Å²) >= 11 is 0. The molecular formula is C18H20N2O5S. The number of hydrogen-bond acceptors (Lipinski definition) is 5. The summed E-state index contributed by atoms with van der Waals surface area (Å²) in [5, 5.41) is 0. The third-order valence-corrected chi connectivity index (χ3v) is 6.38. The maximum absolute atomic E-state index is 12.7. The molecule has 1 amide bonds. The molecule has 1 aromatic carbocycles. The molecule has 2 heterocycles. The summed E-state index contributed by atoms with van der Waals surface area (Å²) in [5.41, 5.74) is 2.12. The first-order valence-electron chi connectivity index (χ1n) is 8.14. The van der Waals surface area contributed by atoms with Crippen molar-refractivity contribution in [3.63, 3.8) is 0 Å². The molecule has 1 aromatic heterocycles. The van der Waals surface area contributed by atoms with Gasteiger partial charge in [-0.25, -0.2) is 12.7 Å². The first kappa shape index (κ1) is 18.3. The fourth-order valence-corrected chi connectivity index (χ4v) is 4.74. The molecule has 0 aliphatic carbocycles. The number of ketones is 1. The Labute approximate surface area is 152 Å². The predicted octanol–water partition coefficient (Wildman–Crippen LogP) is 1.78. The molecule has 0 fully saturated rings. The summed E-state index contributed by atoms with van der Waals surface area (Å²) in [7, 11) is -2.39. The monoisotopic (exact) mass is 376 g/mol. The van der Waals surface area contributed by atoms with Crippen LogP contribution in [0.5, 0.6) is 0 Å². The molecule has 8 heteroatoms. The first-order chi connectivity index (χ1) is 12.3. The number of Topliss-reactive ketones (excluding diaryl/α,β-unsaturated/α-hetero) is 1. The quantitative estimate of drug-likeness (QED) is 0.718. The van der Waals surface area contributed by atoms with Gasteiger partial charge in [-0.3, -0.25) is 9.59 Å². The largest absolute Gasteiger partial charge is 0.383 e. The predicted molar refractivity (Wildman–Crippen MR) is 94.8 cm³/mol. The van der Waals surface area contributed by atoms with Crippen molar-refractivity contribution in [2.75, 3.05) is 20.3 Å². The number of carbonyl (C=O) groups is 2. The number of hydrogen-bond donors (Lipinski definition) is 0. The number of methoxy groups -OCH3 is 1. The minimum absolute atomic E-state index is 0.0524. The molecule has 0 saturated heterocycles. The topological polar surface area (TPSA) is 85.7 Å². The number of rotatable bonds is 6. The van der Waals surface area contributed by atoms with Crippen LogP contribution in [0, 0.1) is 13.8 Å².